The van der Waals surface area contributed by atoms with Crippen molar-refractivity contribution in [2.45, 2.75) is 6.42 Å². The van der Waals surface area contributed by atoms with Gasteiger partial charge in [0, 0.05) is 5.88 Å². The Kier molecular flexibility index (Phi) is 3.96. The van der Waals surface area contributed by atoms with Crippen molar-refractivity contribution >= 4 is 29.1 Å². The number of esters is 1. The molecule has 1 aromatic heterocycles. The lowest BCUT2D eigenvalue weighted by atomic mass is 10.5. The summed E-state index contributed by atoms with van der Waals surface area (Å²) in [5, 5.41) is 3.51. The lowest BCUT2D eigenvalue weighted by molar-refractivity contribution is 0.0511. The fourth-order valence-corrected chi connectivity index (χ4v) is 1.07. The van der Waals surface area contributed by atoms with Crippen molar-refractivity contribution < 1.29 is 9.53 Å². The van der Waals surface area contributed by atoms with Crippen LogP contribution in [0.25, 0.3) is 0 Å². The fourth-order valence-electron chi connectivity index (χ4n) is 0.548. The first kappa shape index (κ1) is 9.41. The lowest BCUT2D eigenvalue weighted by Crippen LogP contribution is -2.04. The Morgan fingerprint density at radius 2 is 2.58 bits per heavy atom. The number of rotatable bonds is 4. The van der Waals surface area contributed by atoms with E-state index >= 15 is 0 Å². The molecule has 0 aliphatic carbocycles. The topological polar surface area (TPSA) is 52.1 Å². The normalized spacial score (nSPS) is 9.75. The third-order valence-electron chi connectivity index (χ3n) is 1.07. The average Bonchev–Trinajstić information content (AvgIpc) is 2.56. The Hall–Kier alpha value is -0.680. The maximum Gasteiger partial charge on any atom is 0.351 e. The molecule has 0 N–H and O–H groups in total. The molecule has 0 saturated heterocycles. The zero-order valence-electron chi connectivity index (χ0n) is 6.20. The number of alkyl halides is 1. The maximum atomic E-state index is 11.0. The van der Waals surface area contributed by atoms with E-state index in [-0.39, 0.29) is 5.97 Å². The minimum atomic E-state index is -0.380. The van der Waals surface area contributed by atoms with Crippen LogP contribution in [0.3, 0.4) is 0 Å². The second-order valence-electron chi connectivity index (χ2n) is 1.96. The largest absolute Gasteiger partial charge is 0.461 e. The summed E-state index contributed by atoms with van der Waals surface area (Å²) >= 11 is 6.42. The lowest BCUT2D eigenvalue weighted by Gasteiger charge is -1.98. The smallest absolute Gasteiger partial charge is 0.351 e. The molecule has 0 fully saturated rings. The van der Waals surface area contributed by atoms with Gasteiger partial charge in [0.05, 0.1) is 12.8 Å². The maximum absolute atomic E-state index is 11.0. The molecule has 0 radical (unpaired) electrons. The number of hydrogen-bond acceptors (Lipinski definition) is 5. The van der Waals surface area contributed by atoms with Gasteiger partial charge in [0.2, 0.25) is 0 Å². The number of ether oxygens (including phenoxy) is 1. The standard InChI is InChI=1S/C6H7ClN2O2S/c7-2-1-3-11-6(10)5-4-8-9-12-5/h4H,1-3H2. The molecular weight excluding hydrogens is 200 g/mol. The van der Waals surface area contributed by atoms with Crippen molar-refractivity contribution in [2.75, 3.05) is 12.5 Å². The summed E-state index contributed by atoms with van der Waals surface area (Å²) in [6, 6.07) is 0. The van der Waals surface area contributed by atoms with Crippen LogP contribution in [0, 0.1) is 0 Å². The predicted molar refractivity (Wildman–Crippen MR) is 45.5 cm³/mol. The Balaban J connectivity index is 2.30. The van der Waals surface area contributed by atoms with E-state index in [0.29, 0.717) is 23.8 Å². The Morgan fingerprint density at radius 1 is 1.75 bits per heavy atom. The van der Waals surface area contributed by atoms with Crippen molar-refractivity contribution in [3.63, 3.8) is 0 Å². The SMILES string of the molecule is O=C(OCCCCl)c1cnns1. The molecule has 6 heteroatoms. The van der Waals surface area contributed by atoms with Gasteiger partial charge >= 0.3 is 5.97 Å². The molecule has 0 bridgehead atoms. The van der Waals surface area contributed by atoms with Gasteiger partial charge in [-0.25, -0.2) is 4.79 Å². The molecule has 0 saturated carbocycles. The van der Waals surface area contributed by atoms with Gasteiger partial charge in [-0.2, -0.15) is 0 Å². The molecule has 0 aromatic carbocycles. The molecule has 0 aliphatic rings. The first-order valence-electron chi connectivity index (χ1n) is 3.35. The summed E-state index contributed by atoms with van der Waals surface area (Å²) in [4.78, 5) is 11.5. The Labute approximate surface area is 78.7 Å². The summed E-state index contributed by atoms with van der Waals surface area (Å²) in [7, 11) is 0. The molecule has 66 valence electrons. The minimum absolute atomic E-state index is 0.347. The van der Waals surface area contributed by atoms with E-state index in [2.05, 4.69) is 9.59 Å². The molecule has 0 unspecified atom stereocenters. The van der Waals surface area contributed by atoms with E-state index in [0.717, 1.165) is 11.5 Å². The quantitative estimate of drug-likeness (QED) is 0.424. The molecule has 12 heavy (non-hydrogen) atoms. The molecule has 4 nitrogen and oxygen atoms in total. The average molecular weight is 207 g/mol. The number of carbonyl (C=O) groups excluding carboxylic acids is 1. The molecule has 1 heterocycles. The predicted octanol–water partition coefficient (Wildman–Crippen LogP) is 1.32. The van der Waals surface area contributed by atoms with Gasteiger partial charge in [-0.15, -0.1) is 16.7 Å². The number of nitrogens with zero attached hydrogens (tertiary/aromatic N) is 2. The van der Waals surface area contributed by atoms with Gasteiger partial charge in [-0.1, -0.05) is 4.49 Å². The van der Waals surface area contributed by atoms with E-state index in [1.165, 1.54) is 6.20 Å². The third-order valence-corrected chi connectivity index (χ3v) is 1.99. The van der Waals surface area contributed by atoms with Crippen LogP contribution in [0.2, 0.25) is 0 Å². The fraction of sp³-hybridized carbons (Fsp3) is 0.500. The van der Waals surface area contributed by atoms with E-state index in [1.807, 2.05) is 0 Å². The van der Waals surface area contributed by atoms with Crippen LogP contribution >= 0.6 is 23.1 Å². The van der Waals surface area contributed by atoms with Gasteiger partial charge in [-0.05, 0) is 18.0 Å². The van der Waals surface area contributed by atoms with Gasteiger partial charge in [0.15, 0.2) is 4.88 Å². The van der Waals surface area contributed by atoms with Gasteiger partial charge in [0.25, 0.3) is 0 Å². The van der Waals surface area contributed by atoms with Gasteiger partial charge in [-0.3, -0.25) is 0 Å². The van der Waals surface area contributed by atoms with Crippen LogP contribution < -0.4 is 0 Å². The Morgan fingerprint density at radius 3 is 3.17 bits per heavy atom. The van der Waals surface area contributed by atoms with E-state index < -0.39 is 0 Å². The molecule has 0 aliphatic heterocycles. The summed E-state index contributed by atoms with van der Waals surface area (Å²) in [6.07, 6.45) is 2.05. The first-order valence-corrected chi connectivity index (χ1v) is 4.66. The highest BCUT2D eigenvalue weighted by Gasteiger charge is 2.08. The van der Waals surface area contributed by atoms with Crippen LogP contribution in [0.5, 0.6) is 0 Å². The number of aromatic nitrogens is 2. The van der Waals surface area contributed by atoms with Crippen molar-refractivity contribution in [3.8, 4) is 0 Å². The molecule has 0 spiro atoms. The van der Waals surface area contributed by atoms with Gasteiger partial charge in [0.1, 0.15) is 0 Å². The van der Waals surface area contributed by atoms with Crippen LogP contribution in [-0.2, 0) is 4.74 Å². The summed E-state index contributed by atoms with van der Waals surface area (Å²) < 4.78 is 8.37. The van der Waals surface area contributed by atoms with Crippen LogP contribution in [0.4, 0.5) is 0 Å². The van der Waals surface area contributed by atoms with Gasteiger partial charge < -0.3 is 4.74 Å². The summed E-state index contributed by atoms with van der Waals surface area (Å²) in [6.45, 7) is 0.347. The van der Waals surface area contributed by atoms with Crippen LogP contribution in [-0.4, -0.2) is 28.0 Å². The minimum Gasteiger partial charge on any atom is -0.461 e. The van der Waals surface area contributed by atoms with Crippen molar-refractivity contribution in [3.05, 3.63) is 11.1 Å². The monoisotopic (exact) mass is 206 g/mol. The van der Waals surface area contributed by atoms with E-state index in [9.17, 15) is 4.79 Å². The number of halogens is 1. The van der Waals surface area contributed by atoms with Crippen molar-refractivity contribution in [2.24, 2.45) is 0 Å². The zero-order chi connectivity index (χ0) is 8.81. The molecule has 1 aromatic rings. The summed E-state index contributed by atoms with van der Waals surface area (Å²) in [5.74, 6) is 0.115. The number of hydrogen-bond donors (Lipinski definition) is 0. The molecule has 1 rings (SSSR count). The zero-order valence-corrected chi connectivity index (χ0v) is 7.77. The first-order chi connectivity index (χ1) is 5.84. The highest BCUT2D eigenvalue weighted by Crippen LogP contribution is 2.04. The molecular formula is C6H7ClN2O2S. The van der Waals surface area contributed by atoms with Crippen LogP contribution in [0.15, 0.2) is 6.20 Å². The highest BCUT2D eigenvalue weighted by atomic mass is 35.5. The third kappa shape index (κ3) is 2.75. The second-order valence-corrected chi connectivity index (χ2v) is 3.12. The Bertz CT molecular complexity index is 240. The molecule has 0 atom stereocenters. The second kappa shape index (κ2) is 5.05. The number of carbonyl (C=O) groups is 1. The highest BCUT2D eigenvalue weighted by molar-refractivity contribution is 7.07. The van der Waals surface area contributed by atoms with E-state index in [4.69, 9.17) is 16.3 Å². The van der Waals surface area contributed by atoms with Crippen LogP contribution in [0.1, 0.15) is 16.1 Å². The van der Waals surface area contributed by atoms with Crippen molar-refractivity contribution in [1.29, 1.82) is 0 Å². The van der Waals surface area contributed by atoms with E-state index in [1.54, 1.807) is 0 Å². The molecule has 0 amide bonds. The summed E-state index contributed by atoms with van der Waals surface area (Å²) in [5.41, 5.74) is 0. The van der Waals surface area contributed by atoms with Crippen molar-refractivity contribution in [1.82, 2.24) is 9.59 Å².